The van der Waals surface area contributed by atoms with Gasteiger partial charge in [-0.3, -0.25) is 4.79 Å². The first-order valence-electron chi connectivity index (χ1n) is 10.4. The van der Waals surface area contributed by atoms with Crippen LogP contribution in [0.1, 0.15) is 25.7 Å². The van der Waals surface area contributed by atoms with Gasteiger partial charge in [0.05, 0.1) is 18.9 Å². The van der Waals surface area contributed by atoms with E-state index >= 15 is 0 Å². The highest BCUT2D eigenvalue weighted by Crippen LogP contribution is 2.24. The van der Waals surface area contributed by atoms with E-state index in [1.165, 1.54) is 0 Å². The number of amides is 1. The van der Waals surface area contributed by atoms with Crippen LogP contribution in [0.3, 0.4) is 0 Å². The molecule has 1 N–H and O–H groups in total. The normalized spacial score (nSPS) is 19.9. The van der Waals surface area contributed by atoms with Gasteiger partial charge in [-0.15, -0.1) is 10.2 Å². The van der Waals surface area contributed by atoms with E-state index in [-0.39, 0.29) is 17.9 Å². The molecule has 1 aromatic heterocycles. The van der Waals surface area contributed by atoms with E-state index in [9.17, 15) is 4.79 Å². The van der Waals surface area contributed by atoms with Crippen LogP contribution in [0.4, 0.5) is 5.82 Å². The zero-order valence-electron chi connectivity index (χ0n) is 16.8. The molecular formula is C22H28N4O3. The molecule has 2 saturated heterocycles. The van der Waals surface area contributed by atoms with Gasteiger partial charge in [-0.1, -0.05) is 0 Å². The van der Waals surface area contributed by atoms with Gasteiger partial charge in [0, 0.05) is 37.7 Å². The summed E-state index contributed by atoms with van der Waals surface area (Å²) < 4.78 is 10.8. The molecule has 1 aromatic carbocycles. The molecule has 29 heavy (non-hydrogen) atoms. The first-order chi connectivity index (χ1) is 14.2. The van der Waals surface area contributed by atoms with Crippen molar-refractivity contribution in [1.82, 2.24) is 15.5 Å². The van der Waals surface area contributed by atoms with Gasteiger partial charge in [0.2, 0.25) is 5.91 Å². The maximum atomic E-state index is 12.4. The quantitative estimate of drug-likeness (QED) is 0.809. The Kier molecular flexibility index (Phi) is 6.24. The Balaban J connectivity index is 1.28. The fourth-order valence-corrected chi connectivity index (χ4v) is 3.94. The molecule has 2 aromatic rings. The number of rotatable bonds is 6. The molecule has 2 aliphatic rings. The first-order valence-corrected chi connectivity index (χ1v) is 10.4. The number of piperidine rings is 1. The second-order valence-electron chi connectivity index (χ2n) is 7.65. The average molecular weight is 396 g/mol. The van der Waals surface area contributed by atoms with Gasteiger partial charge in [0.15, 0.2) is 5.82 Å². The van der Waals surface area contributed by atoms with Gasteiger partial charge in [0.25, 0.3) is 0 Å². The number of benzene rings is 1. The van der Waals surface area contributed by atoms with Gasteiger partial charge in [-0.05, 0) is 62.1 Å². The molecule has 7 heteroatoms. The van der Waals surface area contributed by atoms with E-state index in [0.717, 1.165) is 68.2 Å². The third kappa shape index (κ3) is 4.85. The van der Waals surface area contributed by atoms with E-state index in [0.29, 0.717) is 6.54 Å². The molecule has 1 atom stereocenters. The third-order valence-corrected chi connectivity index (χ3v) is 5.75. The van der Waals surface area contributed by atoms with Crippen molar-refractivity contribution in [2.75, 3.05) is 38.3 Å². The second-order valence-corrected chi connectivity index (χ2v) is 7.65. The highest BCUT2D eigenvalue weighted by Gasteiger charge is 2.26. The number of hydrogen-bond donors (Lipinski definition) is 1. The van der Waals surface area contributed by atoms with Crippen LogP contribution in [0.25, 0.3) is 11.3 Å². The molecule has 2 fully saturated rings. The molecule has 3 heterocycles. The maximum Gasteiger partial charge on any atom is 0.223 e. The van der Waals surface area contributed by atoms with Gasteiger partial charge in [0.1, 0.15) is 5.75 Å². The number of hydrogen-bond acceptors (Lipinski definition) is 6. The van der Waals surface area contributed by atoms with Crippen LogP contribution >= 0.6 is 0 Å². The van der Waals surface area contributed by atoms with Crippen molar-refractivity contribution < 1.29 is 14.3 Å². The Hall–Kier alpha value is -2.67. The second kappa shape index (κ2) is 9.22. The molecule has 0 saturated carbocycles. The largest absolute Gasteiger partial charge is 0.497 e. The van der Waals surface area contributed by atoms with E-state index in [2.05, 4.69) is 20.4 Å². The Bertz CT molecular complexity index is 796. The zero-order chi connectivity index (χ0) is 20.1. The van der Waals surface area contributed by atoms with Crippen LogP contribution in [0.15, 0.2) is 36.4 Å². The minimum Gasteiger partial charge on any atom is -0.497 e. The Morgan fingerprint density at radius 1 is 1.14 bits per heavy atom. The number of carbonyl (C=O) groups is 1. The van der Waals surface area contributed by atoms with Crippen LogP contribution < -0.4 is 15.0 Å². The molecule has 154 valence electrons. The highest BCUT2D eigenvalue weighted by atomic mass is 16.5. The lowest BCUT2D eigenvalue weighted by atomic mass is 9.96. The number of nitrogens with one attached hydrogen (secondary N) is 1. The van der Waals surface area contributed by atoms with E-state index in [4.69, 9.17) is 9.47 Å². The van der Waals surface area contributed by atoms with E-state index in [1.807, 2.05) is 36.4 Å². The average Bonchev–Trinajstić information content (AvgIpc) is 3.31. The standard InChI is InChI=1S/C22H28N4O3/c1-28-18-6-4-16(5-7-18)20-8-9-21(25-24-20)26-12-10-17(11-13-26)22(27)23-15-19-3-2-14-29-19/h4-9,17,19H,2-3,10-15H2,1H3,(H,23,27). The number of anilines is 1. The SMILES string of the molecule is COc1ccc(-c2ccc(N3CCC(C(=O)NCC4CCCO4)CC3)nn2)cc1. The van der Waals surface area contributed by atoms with E-state index < -0.39 is 0 Å². The predicted octanol–water partition coefficient (Wildman–Crippen LogP) is 2.66. The number of methoxy groups -OCH3 is 1. The zero-order valence-corrected chi connectivity index (χ0v) is 16.8. The smallest absolute Gasteiger partial charge is 0.223 e. The van der Waals surface area contributed by atoms with Crippen molar-refractivity contribution in [1.29, 1.82) is 0 Å². The van der Waals surface area contributed by atoms with Crippen molar-refractivity contribution >= 4 is 11.7 Å². The Labute approximate surface area is 171 Å². The molecule has 2 aliphatic heterocycles. The summed E-state index contributed by atoms with van der Waals surface area (Å²) >= 11 is 0. The van der Waals surface area contributed by atoms with Gasteiger partial charge in [-0.25, -0.2) is 0 Å². The van der Waals surface area contributed by atoms with Crippen molar-refractivity contribution in [2.45, 2.75) is 31.8 Å². The summed E-state index contributed by atoms with van der Waals surface area (Å²) in [7, 11) is 1.65. The molecule has 0 aliphatic carbocycles. The molecule has 1 unspecified atom stereocenters. The number of carbonyl (C=O) groups excluding carboxylic acids is 1. The monoisotopic (exact) mass is 396 g/mol. The van der Waals surface area contributed by atoms with Crippen molar-refractivity contribution in [3.8, 4) is 17.0 Å². The molecular weight excluding hydrogens is 368 g/mol. The van der Waals surface area contributed by atoms with E-state index in [1.54, 1.807) is 7.11 Å². The molecule has 4 rings (SSSR count). The number of nitrogens with zero attached hydrogens (tertiary/aromatic N) is 3. The van der Waals surface area contributed by atoms with Crippen molar-refractivity contribution in [3.05, 3.63) is 36.4 Å². The highest BCUT2D eigenvalue weighted by molar-refractivity contribution is 5.79. The molecule has 0 spiro atoms. The first kappa shape index (κ1) is 19.6. The van der Waals surface area contributed by atoms with Gasteiger partial charge in [-0.2, -0.15) is 0 Å². The summed E-state index contributed by atoms with van der Waals surface area (Å²) in [4.78, 5) is 14.6. The minimum atomic E-state index is 0.0687. The fourth-order valence-electron chi connectivity index (χ4n) is 3.94. The minimum absolute atomic E-state index is 0.0687. The molecule has 7 nitrogen and oxygen atoms in total. The van der Waals surface area contributed by atoms with Crippen LogP contribution in [0.5, 0.6) is 5.75 Å². The molecule has 0 bridgehead atoms. The van der Waals surface area contributed by atoms with Gasteiger partial charge >= 0.3 is 0 Å². The lowest BCUT2D eigenvalue weighted by Gasteiger charge is -2.32. The Morgan fingerprint density at radius 2 is 1.93 bits per heavy atom. The van der Waals surface area contributed by atoms with Crippen LogP contribution in [-0.4, -0.2) is 55.6 Å². The van der Waals surface area contributed by atoms with Crippen molar-refractivity contribution in [3.63, 3.8) is 0 Å². The predicted molar refractivity (Wildman–Crippen MR) is 111 cm³/mol. The van der Waals surface area contributed by atoms with Crippen LogP contribution in [-0.2, 0) is 9.53 Å². The lowest BCUT2D eigenvalue weighted by molar-refractivity contribution is -0.126. The van der Waals surface area contributed by atoms with Crippen molar-refractivity contribution in [2.24, 2.45) is 5.92 Å². The Morgan fingerprint density at radius 3 is 2.55 bits per heavy atom. The fraction of sp³-hybridized carbons (Fsp3) is 0.500. The molecule has 1 amide bonds. The number of aromatic nitrogens is 2. The summed E-state index contributed by atoms with van der Waals surface area (Å²) in [5.74, 6) is 1.90. The maximum absolute atomic E-state index is 12.4. The summed E-state index contributed by atoms with van der Waals surface area (Å²) in [5, 5.41) is 11.9. The summed E-state index contributed by atoms with van der Waals surface area (Å²) in [6.45, 7) is 3.08. The summed E-state index contributed by atoms with van der Waals surface area (Å²) in [6, 6.07) is 11.8. The van der Waals surface area contributed by atoms with Crippen LogP contribution in [0.2, 0.25) is 0 Å². The summed E-state index contributed by atoms with van der Waals surface area (Å²) in [5.41, 5.74) is 1.84. The third-order valence-electron chi connectivity index (χ3n) is 5.75. The van der Waals surface area contributed by atoms with Crippen LogP contribution in [0, 0.1) is 5.92 Å². The molecule has 0 radical (unpaired) electrons. The van der Waals surface area contributed by atoms with Gasteiger partial charge < -0.3 is 19.7 Å². The summed E-state index contributed by atoms with van der Waals surface area (Å²) in [6.07, 6.45) is 4.00. The topological polar surface area (TPSA) is 76.6 Å². The lowest BCUT2D eigenvalue weighted by Crippen LogP contribution is -2.42. The number of ether oxygens (including phenoxy) is 2.